The molecule has 1 aromatic rings. The average Bonchev–Trinajstić information content (AvgIpc) is 2.64. The van der Waals surface area contributed by atoms with Crippen LogP contribution in [-0.2, 0) is 14.3 Å². The molecule has 0 fully saturated rings. The summed E-state index contributed by atoms with van der Waals surface area (Å²) in [6.45, 7) is 7.05. The van der Waals surface area contributed by atoms with E-state index in [2.05, 4.69) is 15.3 Å². The summed E-state index contributed by atoms with van der Waals surface area (Å²) >= 11 is 0. The van der Waals surface area contributed by atoms with Crippen LogP contribution in [0.15, 0.2) is 17.4 Å². The third-order valence-electron chi connectivity index (χ3n) is 3.38. The Bertz CT molecular complexity index is 652. The topological polar surface area (TPSA) is 109 Å². The molecule has 144 valence electrons. The summed E-state index contributed by atoms with van der Waals surface area (Å²) in [5.41, 5.74) is 0.656. The maximum atomic E-state index is 12.6. The van der Waals surface area contributed by atoms with Crippen molar-refractivity contribution in [2.45, 2.75) is 40.2 Å². The Morgan fingerprint density at radius 1 is 1.15 bits per heavy atom. The molecule has 1 amide bonds. The first-order chi connectivity index (χ1) is 12.4. The highest BCUT2D eigenvalue weighted by atomic mass is 16.5. The second-order valence-corrected chi connectivity index (χ2v) is 5.25. The molecule has 0 aliphatic heterocycles. The van der Waals surface area contributed by atoms with E-state index in [1.165, 1.54) is 27.2 Å². The largest absolute Gasteiger partial charge is 0.481 e. The Balaban J connectivity index is 3.06. The molecular formula is C17H25N3O6. The minimum absolute atomic E-state index is 0.000968. The second kappa shape index (κ2) is 10.2. The first-order valence-electron chi connectivity index (χ1n) is 8.18. The van der Waals surface area contributed by atoms with E-state index in [0.717, 1.165) is 0 Å². The average molecular weight is 367 g/mol. The summed E-state index contributed by atoms with van der Waals surface area (Å²) in [6.07, 6.45) is 0.553. The lowest BCUT2D eigenvalue weighted by atomic mass is 10.2. The Hall–Kier alpha value is -2.84. The van der Waals surface area contributed by atoms with Gasteiger partial charge in [-0.05, 0) is 32.8 Å². The van der Waals surface area contributed by atoms with E-state index in [-0.39, 0.29) is 30.1 Å². The van der Waals surface area contributed by atoms with E-state index in [4.69, 9.17) is 18.9 Å². The lowest BCUT2D eigenvalue weighted by molar-refractivity contribution is -0.146. The molecule has 9 heteroatoms. The van der Waals surface area contributed by atoms with Crippen LogP contribution < -0.4 is 19.5 Å². The number of hydrogen-bond acceptors (Lipinski definition) is 8. The van der Waals surface area contributed by atoms with Gasteiger partial charge in [-0.3, -0.25) is 4.79 Å². The van der Waals surface area contributed by atoms with Crippen LogP contribution in [0.3, 0.4) is 0 Å². The summed E-state index contributed by atoms with van der Waals surface area (Å²) in [5, 5.41) is 2.54. The van der Waals surface area contributed by atoms with Gasteiger partial charge in [-0.2, -0.15) is 9.97 Å². The van der Waals surface area contributed by atoms with Crippen molar-refractivity contribution in [3.05, 3.63) is 17.4 Å². The minimum Gasteiger partial charge on any atom is -0.481 e. The van der Waals surface area contributed by atoms with Crippen molar-refractivity contribution < 1.29 is 28.5 Å². The van der Waals surface area contributed by atoms with Gasteiger partial charge in [-0.1, -0.05) is 6.92 Å². The molecule has 0 aliphatic carbocycles. The van der Waals surface area contributed by atoms with Gasteiger partial charge in [-0.25, -0.2) is 4.79 Å². The maximum Gasteiger partial charge on any atom is 0.328 e. The molecule has 1 heterocycles. The lowest BCUT2D eigenvalue weighted by Crippen LogP contribution is -2.41. The standard InChI is InChI=1S/C17H25N3O6/c1-7-10(3)14(15(21)18-11(4)16(22)25-8-2)26-17-19-12(23-5)9-13(20-17)24-6/h9,11H,7-8H2,1-6H3,(H,18,21)/b14-10-/t11-/m0/s1. The molecule has 0 saturated heterocycles. The van der Waals surface area contributed by atoms with Gasteiger partial charge in [0.1, 0.15) is 6.04 Å². The molecule has 1 N–H and O–H groups in total. The van der Waals surface area contributed by atoms with Crippen LogP contribution in [0.4, 0.5) is 0 Å². The van der Waals surface area contributed by atoms with E-state index in [1.807, 2.05) is 6.92 Å². The molecule has 1 rings (SSSR count). The van der Waals surface area contributed by atoms with Crippen LogP contribution in [0.1, 0.15) is 34.1 Å². The SMILES string of the molecule is CCOC(=O)[C@H](C)NC(=O)/C(Oc1nc(OC)cc(OC)n1)=C(\C)CC. The molecule has 0 unspecified atom stereocenters. The summed E-state index contributed by atoms with van der Waals surface area (Å²) in [6, 6.07) is 0.542. The molecule has 9 nitrogen and oxygen atoms in total. The van der Waals surface area contributed by atoms with Gasteiger partial charge < -0.3 is 24.3 Å². The monoisotopic (exact) mass is 367 g/mol. The number of allylic oxidation sites excluding steroid dienone is 1. The van der Waals surface area contributed by atoms with E-state index >= 15 is 0 Å². The van der Waals surface area contributed by atoms with Gasteiger partial charge in [0, 0.05) is 0 Å². The number of nitrogens with one attached hydrogen (secondary N) is 1. The highest BCUT2D eigenvalue weighted by Gasteiger charge is 2.23. The lowest BCUT2D eigenvalue weighted by Gasteiger charge is -2.16. The quantitative estimate of drug-likeness (QED) is 0.398. The van der Waals surface area contributed by atoms with Crippen LogP contribution in [0.2, 0.25) is 0 Å². The summed E-state index contributed by atoms with van der Waals surface area (Å²) in [7, 11) is 2.88. The summed E-state index contributed by atoms with van der Waals surface area (Å²) in [4.78, 5) is 32.4. The Labute approximate surface area is 152 Å². The van der Waals surface area contributed by atoms with Crippen LogP contribution in [-0.4, -0.2) is 48.7 Å². The molecular weight excluding hydrogens is 342 g/mol. The fourth-order valence-corrected chi connectivity index (χ4v) is 1.81. The number of amides is 1. The Morgan fingerprint density at radius 3 is 2.19 bits per heavy atom. The van der Waals surface area contributed by atoms with Crippen LogP contribution in [0.5, 0.6) is 17.8 Å². The molecule has 1 aromatic heterocycles. The van der Waals surface area contributed by atoms with Gasteiger partial charge >= 0.3 is 12.0 Å². The number of esters is 1. The van der Waals surface area contributed by atoms with Crippen LogP contribution in [0.25, 0.3) is 0 Å². The predicted octanol–water partition coefficient (Wildman–Crippen LogP) is 1.62. The molecule has 1 atom stereocenters. The molecule has 0 bridgehead atoms. The molecule has 0 spiro atoms. The zero-order chi connectivity index (χ0) is 19.7. The molecule has 0 aromatic carbocycles. The molecule has 0 radical (unpaired) electrons. The number of nitrogens with zero attached hydrogens (tertiary/aromatic N) is 2. The number of methoxy groups -OCH3 is 2. The zero-order valence-corrected chi connectivity index (χ0v) is 15.9. The number of hydrogen-bond donors (Lipinski definition) is 1. The van der Waals surface area contributed by atoms with Gasteiger partial charge in [0.2, 0.25) is 11.8 Å². The van der Waals surface area contributed by atoms with E-state index < -0.39 is 17.9 Å². The fraction of sp³-hybridized carbons (Fsp3) is 0.529. The van der Waals surface area contributed by atoms with E-state index in [0.29, 0.717) is 12.0 Å². The fourth-order valence-electron chi connectivity index (χ4n) is 1.81. The van der Waals surface area contributed by atoms with Crippen molar-refractivity contribution in [3.8, 4) is 17.8 Å². The Morgan fingerprint density at radius 2 is 1.73 bits per heavy atom. The summed E-state index contributed by atoms with van der Waals surface area (Å²) in [5.74, 6) is -0.663. The third-order valence-corrected chi connectivity index (χ3v) is 3.38. The Kier molecular flexibility index (Phi) is 8.33. The second-order valence-electron chi connectivity index (χ2n) is 5.25. The van der Waals surface area contributed by atoms with Crippen molar-refractivity contribution >= 4 is 11.9 Å². The van der Waals surface area contributed by atoms with Crippen LogP contribution in [0, 0.1) is 0 Å². The van der Waals surface area contributed by atoms with E-state index in [1.54, 1.807) is 13.8 Å². The molecule has 26 heavy (non-hydrogen) atoms. The third kappa shape index (κ3) is 5.91. The number of ether oxygens (including phenoxy) is 4. The normalized spacial score (nSPS) is 12.5. The van der Waals surface area contributed by atoms with Gasteiger partial charge in [0.15, 0.2) is 5.76 Å². The van der Waals surface area contributed by atoms with E-state index in [9.17, 15) is 9.59 Å². The van der Waals surface area contributed by atoms with Crippen molar-refractivity contribution in [1.29, 1.82) is 0 Å². The molecule has 0 saturated carbocycles. The van der Waals surface area contributed by atoms with Crippen molar-refractivity contribution in [2.24, 2.45) is 0 Å². The number of carbonyl (C=O) groups excluding carboxylic acids is 2. The van der Waals surface area contributed by atoms with Gasteiger partial charge in [-0.15, -0.1) is 0 Å². The highest BCUT2D eigenvalue weighted by molar-refractivity contribution is 5.95. The smallest absolute Gasteiger partial charge is 0.328 e. The number of aromatic nitrogens is 2. The first-order valence-corrected chi connectivity index (χ1v) is 8.18. The first kappa shape index (κ1) is 21.2. The highest BCUT2D eigenvalue weighted by Crippen LogP contribution is 2.21. The van der Waals surface area contributed by atoms with Crippen molar-refractivity contribution in [3.63, 3.8) is 0 Å². The maximum absolute atomic E-state index is 12.6. The predicted molar refractivity (Wildman–Crippen MR) is 93.0 cm³/mol. The number of carbonyl (C=O) groups is 2. The minimum atomic E-state index is -0.827. The summed E-state index contributed by atoms with van der Waals surface area (Å²) < 4.78 is 20.6. The van der Waals surface area contributed by atoms with Crippen molar-refractivity contribution in [2.75, 3.05) is 20.8 Å². The van der Waals surface area contributed by atoms with Crippen molar-refractivity contribution in [1.82, 2.24) is 15.3 Å². The van der Waals surface area contributed by atoms with Crippen LogP contribution >= 0.6 is 0 Å². The van der Waals surface area contributed by atoms with Gasteiger partial charge in [0.25, 0.3) is 5.91 Å². The molecule has 0 aliphatic rings. The van der Waals surface area contributed by atoms with Gasteiger partial charge in [0.05, 0.1) is 26.9 Å². The zero-order valence-electron chi connectivity index (χ0n) is 15.9. The number of rotatable bonds is 9.